The third kappa shape index (κ3) is 2.68. The molecule has 0 bridgehead atoms. The second-order valence-electron chi connectivity index (χ2n) is 3.42. The lowest BCUT2D eigenvalue weighted by atomic mass is 10.3. The van der Waals surface area contributed by atoms with Gasteiger partial charge in [0.15, 0.2) is 5.03 Å². The second-order valence-corrected chi connectivity index (χ2v) is 4.49. The van der Waals surface area contributed by atoms with Crippen LogP contribution in [0.1, 0.15) is 6.92 Å². The largest absolute Gasteiger partial charge is 0.508 e. The number of phenolic OH excluding ortho intramolecular Hbond substituents is 1. The number of phenols is 1. The van der Waals surface area contributed by atoms with Crippen LogP contribution in [0.25, 0.3) is 0 Å². The van der Waals surface area contributed by atoms with Crippen LogP contribution in [-0.2, 0) is 6.54 Å². The molecule has 0 spiro atoms. The van der Waals surface area contributed by atoms with Gasteiger partial charge in [-0.05, 0) is 25.1 Å². The molecule has 1 aromatic heterocycles. The van der Waals surface area contributed by atoms with Crippen LogP contribution < -0.4 is 5.56 Å². The van der Waals surface area contributed by atoms with E-state index in [2.05, 4.69) is 4.98 Å². The summed E-state index contributed by atoms with van der Waals surface area (Å²) in [4.78, 5) is 16.8. The molecule has 1 heterocycles. The molecule has 0 saturated carbocycles. The van der Waals surface area contributed by atoms with Gasteiger partial charge in [0.2, 0.25) is 0 Å². The summed E-state index contributed by atoms with van der Waals surface area (Å²) < 4.78 is 1.60. The zero-order valence-electron chi connectivity index (χ0n) is 9.33. The topological polar surface area (TPSA) is 55.1 Å². The van der Waals surface area contributed by atoms with Crippen LogP contribution in [0.5, 0.6) is 5.75 Å². The summed E-state index contributed by atoms with van der Waals surface area (Å²) in [6, 6.07) is 6.76. The number of benzene rings is 1. The van der Waals surface area contributed by atoms with E-state index in [4.69, 9.17) is 0 Å². The fourth-order valence-electron chi connectivity index (χ4n) is 1.40. The maximum absolute atomic E-state index is 11.9. The quantitative estimate of drug-likeness (QED) is 0.904. The molecule has 5 heteroatoms. The third-order valence-electron chi connectivity index (χ3n) is 2.26. The summed E-state index contributed by atoms with van der Waals surface area (Å²) in [5.74, 6) is 0.182. The molecule has 0 saturated heterocycles. The molecule has 0 aliphatic rings. The fraction of sp³-hybridized carbons (Fsp3) is 0.167. The zero-order chi connectivity index (χ0) is 12.3. The van der Waals surface area contributed by atoms with Crippen molar-refractivity contribution in [2.24, 2.45) is 0 Å². The Morgan fingerprint density at radius 2 is 2.29 bits per heavy atom. The van der Waals surface area contributed by atoms with E-state index in [9.17, 15) is 9.90 Å². The Hall–Kier alpha value is -1.75. The molecular formula is C12H12N2O2S. The number of aromatic hydroxyl groups is 1. The molecular weight excluding hydrogens is 236 g/mol. The lowest BCUT2D eigenvalue weighted by Gasteiger charge is -2.04. The number of nitrogens with zero attached hydrogens (tertiary/aromatic N) is 2. The van der Waals surface area contributed by atoms with Gasteiger partial charge in [0, 0.05) is 23.8 Å². The molecule has 1 N–H and O–H groups in total. The van der Waals surface area contributed by atoms with Crippen LogP contribution in [0.3, 0.4) is 0 Å². The van der Waals surface area contributed by atoms with E-state index in [1.807, 2.05) is 13.0 Å². The van der Waals surface area contributed by atoms with E-state index < -0.39 is 0 Å². The maximum atomic E-state index is 11.9. The minimum Gasteiger partial charge on any atom is -0.508 e. The molecule has 2 rings (SSSR count). The van der Waals surface area contributed by atoms with Crippen LogP contribution in [0.4, 0.5) is 0 Å². The summed E-state index contributed by atoms with van der Waals surface area (Å²) >= 11 is 1.25. The maximum Gasteiger partial charge on any atom is 0.283 e. The third-order valence-corrected chi connectivity index (χ3v) is 3.22. The van der Waals surface area contributed by atoms with Crippen LogP contribution in [-0.4, -0.2) is 14.7 Å². The van der Waals surface area contributed by atoms with Gasteiger partial charge in [0.25, 0.3) is 5.56 Å². The molecule has 0 aliphatic carbocycles. The van der Waals surface area contributed by atoms with Gasteiger partial charge in [-0.25, -0.2) is 4.98 Å². The summed E-state index contributed by atoms with van der Waals surface area (Å²) in [7, 11) is 0. The van der Waals surface area contributed by atoms with Crippen molar-refractivity contribution in [1.29, 1.82) is 0 Å². The number of hydrogen-bond acceptors (Lipinski definition) is 4. The predicted molar refractivity (Wildman–Crippen MR) is 66.4 cm³/mol. The van der Waals surface area contributed by atoms with Crippen LogP contribution in [0.15, 0.2) is 51.4 Å². The van der Waals surface area contributed by atoms with E-state index in [0.717, 1.165) is 4.90 Å². The van der Waals surface area contributed by atoms with Crippen molar-refractivity contribution in [1.82, 2.24) is 9.55 Å². The molecule has 0 unspecified atom stereocenters. The number of hydrogen-bond donors (Lipinski definition) is 1. The highest BCUT2D eigenvalue weighted by Gasteiger charge is 2.06. The average Bonchev–Trinajstić information content (AvgIpc) is 2.32. The molecule has 17 heavy (non-hydrogen) atoms. The van der Waals surface area contributed by atoms with Gasteiger partial charge in [-0.2, -0.15) is 0 Å². The first-order chi connectivity index (χ1) is 8.20. The van der Waals surface area contributed by atoms with Crippen molar-refractivity contribution in [3.8, 4) is 5.75 Å². The van der Waals surface area contributed by atoms with Crippen molar-refractivity contribution in [3.63, 3.8) is 0 Å². The van der Waals surface area contributed by atoms with E-state index in [1.54, 1.807) is 35.2 Å². The smallest absolute Gasteiger partial charge is 0.283 e. The first kappa shape index (κ1) is 11.7. The van der Waals surface area contributed by atoms with Crippen LogP contribution in [0.2, 0.25) is 0 Å². The Bertz CT molecular complexity index is 581. The minimum absolute atomic E-state index is 0.108. The lowest BCUT2D eigenvalue weighted by molar-refractivity contribution is 0.474. The van der Waals surface area contributed by atoms with Crippen molar-refractivity contribution >= 4 is 11.8 Å². The van der Waals surface area contributed by atoms with Gasteiger partial charge in [0.1, 0.15) is 5.75 Å². The summed E-state index contributed by atoms with van der Waals surface area (Å²) in [6.07, 6.45) is 3.27. The molecule has 0 fully saturated rings. The Kier molecular flexibility index (Phi) is 3.49. The predicted octanol–water partition coefficient (Wildman–Crippen LogP) is 2.12. The molecule has 0 atom stereocenters. The number of aryl methyl sites for hydroxylation is 1. The first-order valence-corrected chi connectivity index (χ1v) is 6.04. The Labute approximate surface area is 103 Å². The Morgan fingerprint density at radius 1 is 1.47 bits per heavy atom. The molecule has 0 radical (unpaired) electrons. The monoisotopic (exact) mass is 248 g/mol. The highest BCUT2D eigenvalue weighted by atomic mass is 32.2. The van der Waals surface area contributed by atoms with Gasteiger partial charge in [-0.15, -0.1) is 0 Å². The van der Waals surface area contributed by atoms with Gasteiger partial charge >= 0.3 is 0 Å². The Morgan fingerprint density at radius 3 is 3.00 bits per heavy atom. The molecule has 0 amide bonds. The molecule has 4 nitrogen and oxygen atoms in total. The van der Waals surface area contributed by atoms with E-state index in [-0.39, 0.29) is 11.3 Å². The highest BCUT2D eigenvalue weighted by Crippen LogP contribution is 2.25. The van der Waals surface area contributed by atoms with Crippen LogP contribution in [0, 0.1) is 0 Å². The fourth-order valence-corrected chi connectivity index (χ4v) is 2.27. The summed E-state index contributed by atoms with van der Waals surface area (Å²) in [6.45, 7) is 2.53. The van der Waals surface area contributed by atoms with E-state index in [0.29, 0.717) is 11.6 Å². The minimum atomic E-state index is -0.108. The lowest BCUT2D eigenvalue weighted by Crippen LogP contribution is -2.20. The average molecular weight is 248 g/mol. The number of rotatable bonds is 3. The number of aromatic nitrogens is 2. The summed E-state index contributed by atoms with van der Waals surface area (Å²) in [5, 5.41) is 9.76. The summed E-state index contributed by atoms with van der Waals surface area (Å²) in [5.41, 5.74) is -0.108. The molecule has 2 aromatic rings. The first-order valence-electron chi connectivity index (χ1n) is 5.23. The Balaban J connectivity index is 2.34. The van der Waals surface area contributed by atoms with Gasteiger partial charge in [-0.3, -0.25) is 4.79 Å². The zero-order valence-corrected chi connectivity index (χ0v) is 10.1. The standard InChI is InChI=1S/C12H12N2O2S/c1-2-14-7-6-13-11(12(14)16)17-10-5-3-4-9(15)8-10/h3-8,15H,2H2,1H3. The SMILES string of the molecule is CCn1ccnc(Sc2cccc(O)c2)c1=O. The molecule has 0 aliphatic heterocycles. The van der Waals surface area contributed by atoms with Crippen molar-refractivity contribution in [2.45, 2.75) is 23.4 Å². The van der Waals surface area contributed by atoms with E-state index in [1.165, 1.54) is 11.8 Å². The van der Waals surface area contributed by atoms with Crippen molar-refractivity contribution < 1.29 is 5.11 Å². The normalized spacial score (nSPS) is 10.4. The van der Waals surface area contributed by atoms with Gasteiger partial charge < -0.3 is 9.67 Å². The second kappa shape index (κ2) is 5.05. The van der Waals surface area contributed by atoms with Crippen LogP contribution >= 0.6 is 11.8 Å². The highest BCUT2D eigenvalue weighted by molar-refractivity contribution is 7.99. The van der Waals surface area contributed by atoms with Gasteiger partial charge in [0.05, 0.1) is 0 Å². The van der Waals surface area contributed by atoms with Crippen molar-refractivity contribution in [2.75, 3.05) is 0 Å². The molecule has 1 aromatic carbocycles. The van der Waals surface area contributed by atoms with Crippen molar-refractivity contribution in [3.05, 3.63) is 47.0 Å². The van der Waals surface area contributed by atoms with Gasteiger partial charge in [-0.1, -0.05) is 17.8 Å². The van der Waals surface area contributed by atoms with E-state index >= 15 is 0 Å². The molecule has 88 valence electrons.